The molecule has 0 bridgehead atoms. The first-order chi connectivity index (χ1) is 5.24. The summed E-state index contributed by atoms with van der Waals surface area (Å²) in [7, 11) is 1.70. The van der Waals surface area contributed by atoms with Crippen LogP contribution in [0.25, 0.3) is 0 Å². The van der Waals surface area contributed by atoms with Crippen molar-refractivity contribution in [3.8, 4) is 0 Å². The average molecular weight is 383 g/mol. The van der Waals surface area contributed by atoms with Gasteiger partial charge in [-0.1, -0.05) is 0 Å². The number of benzene rings is 1. The number of methoxy groups -OCH3 is 1. The Labute approximate surface area is 85.3 Å². The van der Waals surface area contributed by atoms with Gasteiger partial charge in [-0.05, 0) is 0 Å². The number of hydrogen-bond acceptors (Lipinski definition) is 1. The van der Waals surface area contributed by atoms with E-state index in [1.54, 1.807) is 7.11 Å². The predicted molar refractivity (Wildman–Crippen MR) is 45.3 cm³/mol. The second-order valence-corrected chi connectivity index (χ2v) is 4.25. The third-order valence-electron chi connectivity index (χ3n) is 1.27. The molecule has 0 atom stereocenters. The second-order valence-electron chi connectivity index (χ2n) is 2.00. The third-order valence-corrected chi connectivity index (χ3v) is 3.24. The monoisotopic (exact) mass is 382 g/mol. The first-order valence-corrected chi connectivity index (χ1v) is 5.34. The van der Waals surface area contributed by atoms with E-state index >= 15 is 0 Å². The van der Waals surface area contributed by atoms with Gasteiger partial charge in [0.05, 0.1) is 0 Å². The summed E-state index contributed by atoms with van der Waals surface area (Å²) >= 11 is 4.72. The van der Waals surface area contributed by atoms with Gasteiger partial charge in [-0.25, -0.2) is 0 Å². The van der Waals surface area contributed by atoms with Crippen molar-refractivity contribution in [2.24, 2.45) is 0 Å². The van der Waals surface area contributed by atoms with Crippen molar-refractivity contribution < 1.29 is 24.1 Å². The Hall–Kier alpha value is 0.218. The fraction of sp³-hybridized carbons (Fsp3) is 0.125. The van der Waals surface area contributed by atoms with E-state index in [1.165, 1.54) is 19.4 Å². The Bertz CT molecular complexity index is 255. The van der Waals surface area contributed by atoms with Crippen LogP contribution in [0.4, 0.5) is 0 Å². The first-order valence-electron chi connectivity index (χ1n) is 3.08. The summed E-state index contributed by atoms with van der Waals surface area (Å²) in [4.78, 5) is 0. The first kappa shape index (κ1) is 9.31. The van der Waals surface area contributed by atoms with Crippen molar-refractivity contribution in [1.29, 1.82) is 0 Å². The molecule has 0 amide bonds. The molecule has 0 fully saturated rings. The molecule has 0 spiro atoms. The van der Waals surface area contributed by atoms with Crippen molar-refractivity contribution >= 4 is 20.0 Å². The topological polar surface area (TPSA) is 9.23 Å². The van der Waals surface area contributed by atoms with Gasteiger partial charge in [0, 0.05) is 0 Å². The van der Waals surface area contributed by atoms with E-state index < -0.39 is 0 Å². The number of hydrogen-bond donors (Lipinski definition) is 0. The summed E-state index contributed by atoms with van der Waals surface area (Å²) in [5.74, 6) is 0. The van der Waals surface area contributed by atoms with Gasteiger partial charge in [-0.3, -0.25) is 0 Å². The Balaban J connectivity index is 2.90. The second kappa shape index (κ2) is 4.30. The van der Waals surface area contributed by atoms with Gasteiger partial charge < -0.3 is 0 Å². The van der Waals surface area contributed by atoms with Crippen molar-refractivity contribution in [1.82, 2.24) is 0 Å². The quantitative estimate of drug-likeness (QED) is 0.761. The van der Waals surface area contributed by atoms with Crippen LogP contribution < -0.4 is 0 Å². The van der Waals surface area contributed by atoms with E-state index in [1.807, 2.05) is 24.3 Å². The number of halogens is 1. The molecule has 0 aromatic heterocycles. The summed E-state index contributed by atoms with van der Waals surface area (Å²) in [5, 5.41) is 0. The van der Waals surface area contributed by atoms with Gasteiger partial charge >= 0.3 is 85.5 Å². The van der Waals surface area contributed by atoms with Gasteiger partial charge in [0.15, 0.2) is 0 Å². The van der Waals surface area contributed by atoms with Crippen molar-refractivity contribution in [3.63, 3.8) is 0 Å². The van der Waals surface area contributed by atoms with Gasteiger partial charge in [-0.2, -0.15) is 0 Å². The molecule has 0 aliphatic carbocycles. The van der Waals surface area contributed by atoms with Crippen LogP contribution in [0.5, 0.6) is 0 Å². The Morgan fingerprint density at radius 2 is 1.91 bits per heavy atom. The van der Waals surface area contributed by atoms with Crippen LogP contribution in [0.1, 0.15) is 5.56 Å². The zero-order valence-corrected chi connectivity index (χ0v) is 10.5. The van der Waals surface area contributed by atoms with Crippen LogP contribution in [0, 0.1) is 0 Å². The molecule has 3 heteroatoms. The molecule has 0 aliphatic heterocycles. The Morgan fingerprint density at radius 3 is 2.36 bits per heavy atom. The van der Waals surface area contributed by atoms with Crippen LogP contribution in [-0.4, -0.2) is 11.2 Å². The molecular weight excluding hydrogens is 376 g/mol. The zero-order valence-electron chi connectivity index (χ0n) is 6.00. The molecule has 1 rings (SSSR count). The molecule has 0 unspecified atom stereocenters. The summed E-state index contributed by atoms with van der Waals surface area (Å²) in [6, 6.07) is 8.10. The zero-order chi connectivity index (χ0) is 8.27. The van der Waals surface area contributed by atoms with E-state index in [0.717, 1.165) is 14.1 Å². The minimum atomic E-state index is 1.03. The van der Waals surface area contributed by atoms with Crippen LogP contribution in [0.2, 0.25) is 0 Å². The fourth-order valence-corrected chi connectivity index (χ4v) is 1.46. The SMILES string of the molecule is CO[C](=[W])c1ccc(Br)cc1. The third kappa shape index (κ3) is 2.62. The fourth-order valence-electron chi connectivity index (χ4n) is 0.704. The van der Waals surface area contributed by atoms with E-state index in [-0.39, 0.29) is 0 Å². The molecule has 0 saturated heterocycles. The Morgan fingerprint density at radius 1 is 1.36 bits per heavy atom. The summed E-state index contributed by atoms with van der Waals surface area (Å²) in [6.45, 7) is 0. The van der Waals surface area contributed by atoms with E-state index in [0.29, 0.717) is 0 Å². The maximum atomic E-state index is 5.11. The van der Waals surface area contributed by atoms with E-state index in [9.17, 15) is 0 Å². The molecule has 58 valence electrons. The molecule has 0 heterocycles. The molecule has 11 heavy (non-hydrogen) atoms. The molecular formula is C8H7BrOW. The number of rotatable bonds is 2. The standard InChI is InChI=1S/C8H7BrO.W/c1-10-6-7-2-4-8(9)5-3-7;/h2-5H,1H3;. The van der Waals surface area contributed by atoms with E-state index in [2.05, 4.69) is 15.9 Å². The van der Waals surface area contributed by atoms with Crippen molar-refractivity contribution in [3.05, 3.63) is 34.3 Å². The molecule has 0 aliphatic rings. The van der Waals surface area contributed by atoms with E-state index in [4.69, 9.17) is 4.74 Å². The molecule has 1 aromatic rings. The molecule has 0 N–H and O–H groups in total. The average Bonchev–Trinajstić information content (AvgIpc) is 2.05. The van der Waals surface area contributed by atoms with Crippen LogP contribution in [0.3, 0.4) is 0 Å². The van der Waals surface area contributed by atoms with Gasteiger partial charge in [0.2, 0.25) is 0 Å². The van der Waals surface area contributed by atoms with Crippen LogP contribution in [-0.2, 0) is 24.1 Å². The van der Waals surface area contributed by atoms with Crippen LogP contribution in [0.15, 0.2) is 28.7 Å². The van der Waals surface area contributed by atoms with Crippen molar-refractivity contribution in [2.75, 3.05) is 7.11 Å². The van der Waals surface area contributed by atoms with Gasteiger partial charge in [0.25, 0.3) is 0 Å². The normalized spacial score (nSPS) is 9.64. The summed E-state index contributed by atoms with van der Waals surface area (Å²) < 4.78 is 7.24. The summed E-state index contributed by atoms with van der Waals surface area (Å²) in [5.41, 5.74) is 1.16. The molecule has 0 saturated carbocycles. The van der Waals surface area contributed by atoms with Gasteiger partial charge in [0.1, 0.15) is 0 Å². The maximum absolute atomic E-state index is 5.11. The van der Waals surface area contributed by atoms with Crippen molar-refractivity contribution in [2.45, 2.75) is 0 Å². The Kier molecular flexibility index (Phi) is 3.63. The molecule has 0 radical (unpaired) electrons. The number of ether oxygens (including phenoxy) is 1. The predicted octanol–water partition coefficient (Wildman–Crippen LogP) is 2.12. The minimum absolute atomic E-state index is 1.03. The van der Waals surface area contributed by atoms with Crippen LogP contribution >= 0.6 is 15.9 Å². The molecule has 1 nitrogen and oxygen atoms in total. The van der Waals surface area contributed by atoms with Gasteiger partial charge in [-0.15, -0.1) is 0 Å². The molecule has 1 aromatic carbocycles. The summed E-state index contributed by atoms with van der Waals surface area (Å²) in [6.07, 6.45) is 0.